The first-order valence-corrected chi connectivity index (χ1v) is 3.68. The standard InChI is InChI=1S/C8H7FO.CH5NO/c1-6-2-3-7(5-10)8(9)4-6;1-2-3/h2-5H,1H3;2-3H,1H3. The quantitative estimate of drug-likeness (QED) is 0.515. The summed E-state index contributed by atoms with van der Waals surface area (Å²) in [5, 5.41) is 7.32. The number of hydrogen-bond acceptors (Lipinski definition) is 3. The van der Waals surface area contributed by atoms with Crippen LogP contribution in [0.5, 0.6) is 0 Å². The molecule has 0 radical (unpaired) electrons. The minimum Gasteiger partial charge on any atom is -0.317 e. The van der Waals surface area contributed by atoms with E-state index >= 15 is 0 Å². The number of rotatable bonds is 1. The number of carbonyl (C=O) groups is 1. The Morgan fingerprint density at radius 1 is 1.54 bits per heavy atom. The molecule has 0 saturated carbocycles. The molecule has 0 spiro atoms. The number of hydroxylamine groups is 1. The molecule has 0 bridgehead atoms. The lowest BCUT2D eigenvalue weighted by Crippen LogP contribution is -1.91. The van der Waals surface area contributed by atoms with Gasteiger partial charge in [0, 0.05) is 7.05 Å². The van der Waals surface area contributed by atoms with Crippen LogP contribution in [-0.4, -0.2) is 18.5 Å². The van der Waals surface area contributed by atoms with Crippen molar-refractivity contribution in [2.24, 2.45) is 0 Å². The van der Waals surface area contributed by atoms with Crippen molar-refractivity contribution in [1.82, 2.24) is 5.48 Å². The highest BCUT2D eigenvalue weighted by atomic mass is 19.1. The number of carbonyl (C=O) groups excluding carboxylic acids is 1. The lowest BCUT2D eigenvalue weighted by molar-refractivity contribution is 0.112. The van der Waals surface area contributed by atoms with Crippen LogP contribution in [0.2, 0.25) is 0 Å². The van der Waals surface area contributed by atoms with Crippen molar-refractivity contribution in [1.29, 1.82) is 0 Å². The topological polar surface area (TPSA) is 49.3 Å². The van der Waals surface area contributed by atoms with Gasteiger partial charge in [0.05, 0.1) is 5.56 Å². The van der Waals surface area contributed by atoms with Gasteiger partial charge in [-0.2, -0.15) is 0 Å². The van der Waals surface area contributed by atoms with E-state index in [1.54, 1.807) is 18.5 Å². The van der Waals surface area contributed by atoms with E-state index in [1.807, 2.05) is 0 Å². The van der Waals surface area contributed by atoms with Crippen molar-refractivity contribution in [2.45, 2.75) is 6.92 Å². The first kappa shape index (κ1) is 11.7. The number of nitrogens with one attached hydrogen (secondary N) is 1. The van der Waals surface area contributed by atoms with Crippen LogP contribution in [0.4, 0.5) is 4.39 Å². The molecular formula is C9H12FNO2. The predicted octanol–water partition coefficient (Wildman–Crippen LogP) is 1.54. The van der Waals surface area contributed by atoms with Crippen molar-refractivity contribution < 1.29 is 14.4 Å². The molecule has 4 heteroatoms. The molecule has 0 saturated heterocycles. The number of benzene rings is 1. The van der Waals surface area contributed by atoms with Crippen LogP contribution in [0.25, 0.3) is 0 Å². The second-order valence-electron chi connectivity index (χ2n) is 2.37. The molecule has 0 aliphatic heterocycles. The van der Waals surface area contributed by atoms with Gasteiger partial charge in [-0.25, -0.2) is 9.87 Å². The molecule has 2 N–H and O–H groups in total. The van der Waals surface area contributed by atoms with E-state index in [-0.39, 0.29) is 5.56 Å². The molecule has 1 aromatic carbocycles. The average molecular weight is 185 g/mol. The molecule has 0 fully saturated rings. The summed E-state index contributed by atoms with van der Waals surface area (Å²) in [5.41, 5.74) is 2.69. The minimum atomic E-state index is -0.449. The van der Waals surface area contributed by atoms with E-state index in [1.165, 1.54) is 19.2 Å². The van der Waals surface area contributed by atoms with E-state index in [2.05, 4.69) is 0 Å². The Hall–Kier alpha value is -1.26. The van der Waals surface area contributed by atoms with Gasteiger partial charge < -0.3 is 5.21 Å². The molecular weight excluding hydrogens is 173 g/mol. The van der Waals surface area contributed by atoms with Gasteiger partial charge >= 0.3 is 0 Å². The summed E-state index contributed by atoms with van der Waals surface area (Å²) >= 11 is 0. The first-order chi connectivity index (χ1) is 6.15. The smallest absolute Gasteiger partial charge is 0.152 e. The van der Waals surface area contributed by atoms with Crippen molar-refractivity contribution in [3.05, 3.63) is 35.1 Å². The third-order valence-corrected chi connectivity index (χ3v) is 1.28. The molecule has 0 atom stereocenters. The number of aldehydes is 1. The maximum absolute atomic E-state index is 12.6. The summed E-state index contributed by atoms with van der Waals surface area (Å²) in [5.74, 6) is -0.449. The highest BCUT2D eigenvalue weighted by Crippen LogP contribution is 2.06. The molecule has 1 aromatic rings. The normalized spacial score (nSPS) is 8.62. The SMILES string of the molecule is CNO.Cc1ccc(C=O)c(F)c1. The number of hydrogen-bond donors (Lipinski definition) is 2. The van der Waals surface area contributed by atoms with E-state index in [0.29, 0.717) is 6.29 Å². The van der Waals surface area contributed by atoms with Crippen LogP contribution < -0.4 is 5.48 Å². The highest BCUT2D eigenvalue weighted by Gasteiger charge is 1.97. The Morgan fingerprint density at radius 2 is 2.08 bits per heavy atom. The molecule has 0 unspecified atom stereocenters. The van der Waals surface area contributed by atoms with Crippen LogP contribution in [0.3, 0.4) is 0 Å². The Bertz CT molecular complexity index is 276. The maximum Gasteiger partial charge on any atom is 0.152 e. The van der Waals surface area contributed by atoms with Crippen molar-refractivity contribution >= 4 is 6.29 Å². The third-order valence-electron chi connectivity index (χ3n) is 1.28. The van der Waals surface area contributed by atoms with Crippen molar-refractivity contribution in [2.75, 3.05) is 7.05 Å². The van der Waals surface area contributed by atoms with Crippen LogP contribution in [0.15, 0.2) is 18.2 Å². The van der Waals surface area contributed by atoms with Crippen LogP contribution in [-0.2, 0) is 0 Å². The van der Waals surface area contributed by atoms with E-state index in [9.17, 15) is 9.18 Å². The van der Waals surface area contributed by atoms with Crippen molar-refractivity contribution in [3.8, 4) is 0 Å². The van der Waals surface area contributed by atoms with Crippen LogP contribution >= 0.6 is 0 Å². The summed E-state index contributed by atoms with van der Waals surface area (Å²) in [7, 11) is 1.43. The van der Waals surface area contributed by atoms with Gasteiger partial charge in [0.2, 0.25) is 0 Å². The molecule has 1 rings (SSSR count). The van der Waals surface area contributed by atoms with Gasteiger partial charge in [-0.1, -0.05) is 6.07 Å². The first-order valence-electron chi connectivity index (χ1n) is 3.68. The summed E-state index contributed by atoms with van der Waals surface area (Å²) in [6.07, 6.45) is 0.509. The monoisotopic (exact) mass is 185 g/mol. The zero-order chi connectivity index (χ0) is 10.3. The molecule has 0 amide bonds. The fourth-order valence-corrected chi connectivity index (χ4v) is 0.728. The fourth-order valence-electron chi connectivity index (χ4n) is 0.728. The van der Waals surface area contributed by atoms with Crippen molar-refractivity contribution in [3.63, 3.8) is 0 Å². The lowest BCUT2D eigenvalue weighted by atomic mass is 10.1. The predicted molar refractivity (Wildman–Crippen MR) is 47.4 cm³/mol. The van der Waals surface area contributed by atoms with E-state index in [0.717, 1.165) is 5.56 Å². The summed E-state index contributed by atoms with van der Waals surface area (Å²) in [4.78, 5) is 10.1. The average Bonchev–Trinajstić information content (AvgIpc) is 2.06. The van der Waals surface area contributed by atoms with E-state index < -0.39 is 5.82 Å². The Kier molecular flexibility index (Phi) is 5.67. The molecule has 3 nitrogen and oxygen atoms in total. The zero-order valence-corrected chi connectivity index (χ0v) is 7.54. The van der Waals surface area contributed by atoms with Gasteiger partial charge in [-0.3, -0.25) is 4.79 Å². The fraction of sp³-hybridized carbons (Fsp3) is 0.222. The van der Waals surface area contributed by atoms with Gasteiger partial charge in [0.1, 0.15) is 5.82 Å². The maximum atomic E-state index is 12.6. The van der Waals surface area contributed by atoms with E-state index in [4.69, 9.17) is 5.21 Å². The summed E-state index contributed by atoms with van der Waals surface area (Å²) < 4.78 is 12.6. The molecule has 0 aromatic heterocycles. The molecule has 72 valence electrons. The van der Waals surface area contributed by atoms with Crippen LogP contribution in [0, 0.1) is 12.7 Å². The lowest BCUT2D eigenvalue weighted by Gasteiger charge is -1.94. The largest absolute Gasteiger partial charge is 0.317 e. The second-order valence-corrected chi connectivity index (χ2v) is 2.37. The number of halogens is 1. The molecule has 0 heterocycles. The van der Waals surface area contributed by atoms with Crippen LogP contribution in [0.1, 0.15) is 15.9 Å². The second kappa shape index (κ2) is 6.28. The Labute approximate surface area is 76.2 Å². The zero-order valence-electron chi connectivity index (χ0n) is 7.54. The van der Waals surface area contributed by atoms with Gasteiger partial charge in [0.25, 0.3) is 0 Å². The highest BCUT2D eigenvalue weighted by molar-refractivity contribution is 5.75. The Morgan fingerprint density at radius 3 is 2.46 bits per heavy atom. The third kappa shape index (κ3) is 4.35. The Balaban J connectivity index is 0.000000424. The number of aryl methyl sites for hydroxylation is 1. The van der Waals surface area contributed by atoms with Gasteiger partial charge in [-0.05, 0) is 24.6 Å². The van der Waals surface area contributed by atoms with Gasteiger partial charge in [0.15, 0.2) is 6.29 Å². The minimum absolute atomic E-state index is 0.116. The summed E-state index contributed by atoms with van der Waals surface area (Å²) in [6.45, 7) is 1.78. The molecule has 0 aliphatic rings. The molecule has 13 heavy (non-hydrogen) atoms. The van der Waals surface area contributed by atoms with Gasteiger partial charge in [-0.15, -0.1) is 0 Å². The summed E-state index contributed by atoms with van der Waals surface area (Å²) in [6, 6.07) is 4.51. The molecule has 0 aliphatic carbocycles.